The smallest absolute Gasteiger partial charge is 0.274 e. The molecule has 1 aliphatic rings. The standard InChI is InChI=1S/C45H70N7O18P3S/c1-4-5-6-7-8-9-10-11-12-13-14-15-16-17-18-19-20-21-22-23-33(53)28-36(55)74-27-26-47-35(54)24-25-48-43(58)40(57)45(2,3)30-67-73(64,65)70-72(62,63)66-29-34-39(69-71(59,60)61)38(56)44(68-34)52-32-51-37-41(46)49-31-50-42(37)52/h5-6,8-9,11-12,14-15,17-18,31-32,34,38-40,44,56-57H,4,7,10,13,16,19-30H2,1-3H3,(H,47,54)(H,48,58)(H,62,63)(H,64,65)(H2,46,49,50)(H2,59,60,61)/p-4/b6-5-,9-8-,12-11-,15-14-,18-17-/t34-,38-,39-,40+,44-/m1/s1. The molecule has 0 aliphatic carbocycles. The van der Waals surface area contributed by atoms with Crippen LogP contribution in [0.5, 0.6) is 0 Å². The molecular formula is C45H66N7O18P3S-4. The molecule has 0 radical (unpaired) electrons. The average Bonchev–Trinajstić information content (AvgIpc) is 3.89. The second kappa shape index (κ2) is 32.5. The van der Waals surface area contributed by atoms with Gasteiger partial charge in [0.15, 0.2) is 22.8 Å². The Morgan fingerprint density at radius 1 is 0.865 bits per heavy atom. The van der Waals surface area contributed by atoms with Crippen LogP contribution in [0.3, 0.4) is 0 Å². The summed E-state index contributed by atoms with van der Waals surface area (Å²) in [5.74, 6) is -1.58. The molecular weight excluding hydrogens is 1050 g/mol. The summed E-state index contributed by atoms with van der Waals surface area (Å²) in [7, 11) is -17.7. The number of nitrogens with two attached hydrogens (primary N) is 1. The molecule has 414 valence electrons. The van der Waals surface area contributed by atoms with Crippen molar-refractivity contribution in [3.8, 4) is 0 Å². The fraction of sp³-hybridized carbons (Fsp3) is 0.578. The van der Waals surface area contributed by atoms with Crippen molar-refractivity contribution in [1.29, 1.82) is 0 Å². The van der Waals surface area contributed by atoms with Crippen molar-refractivity contribution in [3.63, 3.8) is 0 Å². The Balaban J connectivity index is 1.27. The monoisotopic (exact) mass is 1120 g/mol. The van der Waals surface area contributed by atoms with Gasteiger partial charge in [0, 0.05) is 37.1 Å². The number of nitrogens with zero attached hydrogens (tertiary/aromatic N) is 4. The van der Waals surface area contributed by atoms with Gasteiger partial charge in [-0.15, -0.1) is 0 Å². The topological polar surface area (TPSA) is 392 Å². The van der Waals surface area contributed by atoms with Gasteiger partial charge in [-0.3, -0.25) is 32.9 Å². The van der Waals surface area contributed by atoms with Crippen LogP contribution < -0.4 is 35.9 Å². The molecule has 3 rings (SSSR count). The first-order valence-electron chi connectivity index (χ1n) is 23.7. The molecule has 1 aliphatic heterocycles. The highest BCUT2D eigenvalue weighted by atomic mass is 32.2. The fourth-order valence-electron chi connectivity index (χ4n) is 6.70. The zero-order chi connectivity index (χ0) is 54.8. The predicted molar refractivity (Wildman–Crippen MR) is 265 cm³/mol. The van der Waals surface area contributed by atoms with Gasteiger partial charge in [0.25, 0.3) is 15.6 Å². The SMILES string of the molecule is CC/C=C\C/C=C\C/C=C\C/C=C\C/C=C\CCCCCC(=O)CC(=O)SCCNC(=O)CCNC(=O)[C@H](O)C(C)(C)COP(=O)([O-])OP(=O)([O-])OC[C@H]1O[C@@H](n2cnc3c(N)ncnc32)[C@H](O)[C@@H]1OP(=O)([O-])[O-]. The number of amides is 2. The van der Waals surface area contributed by atoms with Gasteiger partial charge in [-0.1, -0.05) is 99.7 Å². The molecule has 0 bridgehead atoms. The van der Waals surface area contributed by atoms with Crippen molar-refractivity contribution in [2.45, 2.75) is 128 Å². The predicted octanol–water partition coefficient (Wildman–Crippen LogP) is 2.80. The fourth-order valence-corrected chi connectivity index (χ4v) is 10.1. The number of unbranched alkanes of at least 4 members (excludes halogenated alkanes) is 3. The molecule has 2 amide bonds. The minimum atomic E-state index is -5.94. The van der Waals surface area contributed by atoms with E-state index in [2.05, 4.69) is 111 Å². The summed E-state index contributed by atoms with van der Waals surface area (Å²) in [5, 5.41) is 26.0. The molecule has 2 aromatic rings. The first-order valence-corrected chi connectivity index (χ1v) is 29.1. The van der Waals surface area contributed by atoms with Gasteiger partial charge >= 0.3 is 0 Å². The summed E-state index contributed by atoms with van der Waals surface area (Å²) in [5.41, 5.74) is 4.04. The number of phosphoric ester groups is 3. The number of nitrogens with one attached hydrogen (secondary N) is 2. The number of aromatic nitrogens is 4. The van der Waals surface area contributed by atoms with E-state index in [0.29, 0.717) is 12.8 Å². The summed E-state index contributed by atoms with van der Waals surface area (Å²) >= 11 is 0.910. The first-order chi connectivity index (χ1) is 34.9. The van der Waals surface area contributed by atoms with Crippen molar-refractivity contribution in [2.24, 2.45) is 5.41 Å². The molecule has 0 aromatic carbocycles. The highest BCUT2D eigenvalue weighted by molar-refractivity contribution is 8.13. The Morgan fingerprint density at radius 2 is 1.49 bits per heavy atom. The largest absolute Gasteiger partial charge is 0.790 e. The highest BCUT2D eigenvalue weighted by Crippen LogP contribution is 2.56. The number of fused-ring (bicyclic) bond motifs is 1. The molecule has 0 spiro atoms. The van der Waals surface area contributed by atoms with Gasteiger partial charge in [0.05, 0.1) is 33.8 Å². The number of anilines is 1. The number of rotatable bonds is 36. The Kier molecular flexibility index (Phi) is 28.2. The van der Waals surface area contributed by atoms with E-state index >= 15 is 0 Å². The van der Waals surface area contributed by atoms with E-state index < -0.39 is 84.6 Å². The molecule has 3 heterocycles. The lowest BCUT2D eigenvalue weighted by Gasteiger charge is -2.36. The third-order valence-electron chi connectivity index (χ3n) is 10.6. The van der Waals surface area contributed by atoms with Crippen LogP contribution in [0.4, 0.5) is 5.82 Å². The highest BCUT2D eigenvalue weighted by Gasteiger charge is 2.47. The Bertz CT molecular complexity index is 2430. The maximum atomic E-state index is 12.7. The lowest BCUT2D eigenvalue weighted by atomic mass is 9.87. The molecule has 1 fully saturated rings. The van der Waals surface area contributed by atoms with Crippen molar-refractivity contribution in [3.05, 3.63) is 73.4 Å². The summed E-state index contributed by atoms with van der Waals surface area (Å²) < 4.78 is 60.8. The van der Waals surface area contributed by atoms with Gasteiger partial charge in [-0.25, -0.2) is 19.3 Å². The minimum absolute atomic E-state index is 0.0283. The van der Waals surface area contributed by atoms with E-state index in [9.17, 15) is 62.7 Å². The molecule has 1 saturated heterocycles. The first kappa shape index (κ1) is 64.2. The van der Waals surface area contributed by atoms with E-state index in [-0.39, 0.29) is 59.6 Å². The number of ether oxygens (including phenoxy) is 1. The van der Waals surface area contributed by atoms with Gasteiger partial charge in [-0.05, 0) is 51.4 Å². The van der Waals surface area contributed by atoms with Crippen LogP contribution in [0.2, 0.25) is 0 Å². The third kappa shape index (κ3) is 24.7. The van der Waals surface area contributed by atoms with Crippen LogP contribution in [-0.2, 0) is 55.5 Å². The molecule has 0 saturated carbocycles. The van der Waals surface area contributed by atoms with E-state index in [1.807, 2.05) is 0 Å². The van der Waals surface area contributed by atoms with E-state index in [1.165, 1.54) is 13.8 Å². The number of imidazole rings is 1. The number of aliphatic hydroxyl groups is 2. The number of allylic oxidation sites excluding steroid dienone is 10. The van der Waals surface area contributed by atoms with Crippen molar-refractivity contribution < 1.29 is 85.3 Å². The minimum Gasteiger partial charge on any atom is -0.790 e. The average molecular weight is 1120 g/mol. The Morgan fingerprint density at radius 3 is 2.12 bits per heavy atom. The van der Waals surface area contributed by atoms with Gasteiger partial charge < -0.3 is 69.0 Å². The maximum Gasteiger partial charge on any atom is 0.274 e. The van der Waals surface area contributed by atoms with Crippen LogP contribution in [0, 0.1) is 5.41 Å². The molecule has 29 heteroatoms. The maximum absolute atomic E-state index is 12.7. The molecule has 6 N–H and O–H groups in total. The molecule has 2 aromatic heterocycles. The number of nitrogen functional groups attached to an aromatic ring is 1. The quantitative estimate of drug-likeness (QED) is 0.0283. The van der Waals surface area contributed by atoms with Crippen LogP contribution in [0.1, 0.15) is 104 Å². The number of hydrogen-bond acceptors (Lipinski definition) is 23. The summed E-state index contributed by atoms with van der Waals surface area (Å²) in [6.45, 7) is 2.02. The molecule has 2 unspecified atom stereocenters. The number of aliphatic hydroxyl groups excluding tert-OH is 2. The van der Waals surface area contributed by atoms with Crippen LogP contribution in [0.15, 0.2) is 73.4 Å². The van der Waals surface area contributed by atoms with Gasteiger partial charge in [0.2, 0.25) is 11.8 Å². The van der Waals surface area contributed by atoms with E-state index in [0.717, 1.165) is 80.4 Å². The van der Waals surface area contributed by atoms with Crippen LogP contribution in [0.25, 0.3) is 11.2 Å². The normalized spacial score (nSPS) is 19.8. The number of hydrogen-bond donors (Lipinski definition) is 5. The number of phosphoric acid groups is 3. The number of ketones is 1. The zero-order valence-corrected chi connectivity index (χ0v) is 44.9. The molecule has 74 heavy (non-hydrogen) atoms. The van der Waals surface area contributed by atoms with Gasteiger partial charge in [-0.2, -0.15) is 0 Å². The van der Waals surface area contributed by atoms with Gasteiger partial charge in [0.1, 0.15) is 42.0 Å². The number of thioether (sulfide) groups is 1. The molecule has 25 nitrogen and oxygen atoms in total. The second-order valence-electron chi connectivity index (χ2n) is 17.2. The lowest BCUT2D eigenvalue weighted by Crippen LogP contribution is -2.46. The molecule has 7 atom stereocenters. The zero-order valence-electron chi connectivity index (χ0n) is 41.4. The van der Waals surface area contributed by atoms with Crippen LogP contribution >= 0.6 is 35.2 Å². The number of Topliss-reactive ketones (excluding diaryl/α,β-unsaturated/α-hetero) is 1. The third-order valence-corrected chi connectivity index (χ3v) is 14.5. The second-order valence-corrected chi connectivity index (χ2v) is 22.4. The van der Waals surface area contributed by atoms with E-state index in [4.69, 9.17) is 10.5 Å². The van der Waals surface area contributed by atoms with Crippen molar-refractivity contribution in [2.75, 3.05) is 37.8 Å². The number of carbonyl (C=O) groups excluding carboxylic acids is 4. The summed E-state index contributed by atoms with van der Waals surface area (Å²) in [6.07, 6.45) is 22.0. The summed E-state index contributed by atoms with van der Waals surface area (Å²) in [4.78, 5) is 109. The Labute approximate surface area is 434 Å². The van der Waals surface area contributed by atoms with Crippen LogP contribution in [-0.4, -0.2) is 109 Å². The lowest BCUT2D eigenvalue weighted by molar-refractivity contribution is -0.347. The van der Waals surface area contributed by atoms with Crippen molar-refractivity contribution in [1.82, 2.24) is 30.2 Å². The number of carbonyl (C=O) groups is 4. The van der Waals surface area contributed by atoms with Crippen molar-refractivity contribution >= 4 is 74.9 Å². The van der Waals surface area contributed by atoms with E-state index in [1.54, 1.807) is 0 Å². The summed E-state index contributed by atoms with van der Waals surface area (Å²) in [6, 6.07) is 0. The Hall–Kier alpha value is -4.07.